The highest BCUT2D eigenvalue weighted by Crippen LogP contribution is 2.07. The smallest absolute Gasteiger partial charge is 0.339 e. The molecule has 0 aliphatic rings. The molecule has 0 unspecified atom stereocenters. The van der Waals surface area contributed by atoms with Crippen LogP contribution < -0.4 is 0 Å². The molecular formula is C11H11N3O2. The van der Waals surface area contributed by atoms with Crippen LogP contribution in [0.5, 0.6) is 0 Å². The zero-order chi connectivity index (χ0) is 11.5. The minimum absolute atomic E-state index is 0.240. The Kier molecular flexibility index (Phi) is 2.68. The SMILES string of the molecule is Cc1nn(Cc2cccnc2)cc1C(=O)O. The van der Waals surface area contributed by atoms with E-state index < -0.39 is 5.97 Å². The van der Waals surface area contributed by atoms with Crippen LogP contribution in [0.1, 0.15) is 21.6 Å². The number of nitrogens with zero attached hydrogens (tertiary/aromatic N) is 3. The van der Waals surface area contributed by atoms with Crippen molar-refractivity contribution in [2.75, 3.05) is 0 Å². The number of rotatable bonds is 3. The largest absolute Gasteiger partial charge is 0.478 e. The summed E-state index contributed by atoms with van der Waals surface area (Å²) in [5, 5.41) is 13.0. The summed E-state index contributed by atoms with van der Waals surface area (Å²) < 4.78 is 1.61. The molecule has 0 spiro atoms. The molecule has 0 saturated carbocycles. The van der Waals surface area contributed by atoms with Crippen LogP contribution in [0.4, 0.5) is 0 Å². The van der Waals surface area contributed by atoms with Gasteiger partial charge in [0.05, 0.1) is 12.2 Å². The summed E-state index contributed by atoms with van der Waals surface area (Å²) in [7, 11) is 0. The quantitative estimate of drug-likeness (QED) is 0.842. The normalized spacial score (nSPS) is 10.3. The molecule has 0 atom stereocenters. The maximum Gasteiger partial charge on any atom is 0.339 e. The minimum atomic E-state index is -0.949. The van der Waals surface area contributed by atoms with E-state index in [0.29, 0.717) is 12.2 Å². The van der Waals surface area contributed by atoms with Crippen molar-refractivity contribution < 1.29 is 9.90 Å². The van der Waals surface area contributed by atoms with E-state index in [0.717, 1.165) is 5.56 Å². The Morgan fingerprint density at radius 1 is 1.56 bits per heavy atom. The molecule has 0 saturated heterocycles. The second-order valence-corrected chi connectivity index (χ2v) is 3.49. The van der Waals surface area contributed by atoms with Gasteiger partial charge >= 0.3 is 5.97 Å². The molecule has 0 aliphatic heterocycles. The molecule has 0 aliphatic carbocycles. The van der Waals surface area contributed by atoms with Crippen molar-refractivity contribution in [1.82, 2.24) is 14.8 Å². The first-order chi connectivity index (χ1) is 7.66. The van der Waals surface area contributed by atoms with Crippen LogP contribution in [-0.4, -0.2) is 25.8 Å². The molecule has 0 aromatic carbocycles. The lowest BCUT2D eigenvalue weighted by molar-refractivity contribution is 0.0696. The average molecular weight is 217 g/mol. The van der Waals surface area contributed by atoms with Gasteiger partial charge in [-0.25, -0.2) is 4.79 Å². The van der Waals surface area contributed by atoms with Gasteiger partial charge < -0.3 is 5.11 Å². The lowest BCUT2D eigenvalue weighted by Crippen LogP contribution is -2.00. The number of hydrogen-bond donors (Lipinski definition) is 1. The lowest BCUT2D eigenvalue weighted by atomic mass is 10.3. The second-order valence-electron chi connectivity index (χ2n) is 3.49. The van der Waals surface area contributed by atoms with Gasteiger partial charge in [-0.05, 0) is 18.6 Å². The molecular weight excluding hydrogens is 206 g/mol. The highest BCUT2D eigenvalue weighted by atomic mass is 16.4. The van der Waals surface area contributed by atoms with Crippen molar-refractivity contribution >= 4 is 5.97 Å². The van der Waals surface area contributed by atoms with Gasteiger partial charge in [-0.15, -0.1) is 0 Å². The fourth-order valence-electron chi connectivity index (χ4n) is 1.49. The Morgan fingerprint density at radius 3 is 2.94 bits per heavy atom. The molecule has 2 aromatic rings. The van der Waals surface area contributed by atoms with Crippen LogP contribution >= 0.6 is 0 Å². The summed E-state index contributed by atoms with van der Waals surface area (Å²) in [6, 6.07) is 3.76. The first-order valence-electron chi connectivity index (χ1n) is 4.83. The summed E-state index contributed by atoms with van der Waals surface area (Å²) in [4.78, 5) is 14.8. The van der Waals surface area contributed by atoms with E-state index in [1.54, 1.807) is 24.0 Å². The molecule has 2 heterocycles. The van der Waals surface area contributed by atoms with Crippen molar-refractivity contribution in [3.05, 3.63) is 47.5 Å². The van der Waals surface area contributed by atoms with E-state index in [9.17, 15) is 4.79 Å². The Labute approximate surface area is 92.4 Å². The fraction of sp³-hybridized carbons (Fsp3) is 0.182. The van der Waals surface area contributed by atoms with Crippen molar-refractivity contribution in [3.8, 4) is 0 Å². The van der Waals surface area contributed by atoms with Gasteiger partial charge in [0.2, 0.25) is 0 Å². The number of carboxylic acids is 1. The minimum Gasteiger partial charge on any atom is -0.478 e. The summed E-state index contributed by atoms with van der Waals surface area (Å²) in [5.74, 6) is -0.949. The van der Waals surface area contributed by atoms with Gasteiger partial charge in [-0.2, -0.15) is 5.10 Å². The van der Waals surface area contributed by atoms with Gasteiger partial charge in [0.1, 0.15) is 5.56 Å². The second kappa shape index (κ2) is 4.14. The Balaban J connectivity index is 2.23. The summed E-state index contributed by atoms with van der Waals surface area (Å²) in [6.45, 7) is 2.21. The number of carboxylic acid groups (broad SMARTS) is 1. The van der Waals surface area contributed by atoms with Crippen molar-refractivity contribution in [2.24, 2.45) is 0 Å². The predicted octanol–water partition coefficient (Wildman–Crippen LogP) is 1.33. The van der Waals surface area contributed by atoms with Gasteiger partial charge in [0, 0.05) is 18.6 Å². The highest BCUT2D eigenvalue weighted by molar-refractivity contribution is 5.88. The highest BCUT2D eigenvalue weighted by Gasteiger charge is 2.11. The summed E-state index contributed by atoms with van der Waals surface area (Å²) in [5.41, 5.74) is 1.75. The van der Waals surface area contributed by atoms with Crippen LogP contribution in [0, 0.1) is 6.92 Å². The lowest BCUT2D eigenvalue weighted by Gasteiger charge is -1.99. The van der Waals surface area contributed by atoms with Crippen molar-refractivity contribution in [1.29, 1.82) is 0 Å². The number of aryl methyl sites for hydroxylation is 1. The number of aromatic nitrogens is 3. The maximum absolute atomic E-state index is 10.8. The third-order valence-corrected chi connectivity index (χ3v) is 2.24. The Morgan fingerprint density at radius 2 is 2.38 bits per heavy atom. The molecule has 2 aromatic heterocycles. The van der Waals surface area contributed by atoms with Crippen LogP contribution in [0.15, 0.2) is 30.7 Å². The van der Waals surface area contributed by atoms with E-state index >= 15 is 0 Å². The van der Waals surface area contributed by atoms with Crippen LogP contribution in [-0.2, 0) is 6.54 Å². The molecule has 82 valence electrons. The van der Waals surface area contributed by atoms with Gasteiger partial charge in [0.15, 0.2) is 0 Å². The maximum atomic E-state index is 10.8. The third-order valence-electron chi connectivity index (χ3n) is 2.24. The van der Waals surface area contributed by atoms with E-state index in [-0.39, 0.29) is 5.56 Å². The Hall–Kier alpha value is -2.17. The van der Waals surface area contributed by atoms with Crippen molar-refractivity contribution in [2.45, 2.75) is 13.5 Å². The number of hydrogen-bond acceptors (Lipinski definition) is 3. The number of carbonyl (C=O) groups is 1. The molecule has 1 N–H and O–H groups in total. The summed E-state index contributed by atoms with van der Waals surface area (Å²) in [6.07, 6.45) is 4.96. The van der Waals surface area contributed by atoms with E-state index in [2.05, 4.69) is 10.1 Å². The van der Waals surface area contributed by atoms with Crippen LogP contribution in [0.3, 0.4) is 0 Å². The first-order valence-corrected chi connectivity index (χ1v) is 4.83. The monoisotopic (exact) mass is 217 g/mol. The van der Waals surface area contributed by atoms with E-state index in [4.69, 9.17) is 5.11 Å². The third kappa shape index (κ3) is 2.08. The van der Waals surface area contributed by atoms with Crippen molar-refractivity contribution in [3.63, 3.8) is 0 Å². The molecule has 0 radical (unpaired) electrons. The molecule has 2 rings (SSSR count). The molecule has 0 bridgehead atoms. The molecule has 0 fully saturated rings. The van der Waals surface area contributed by atoms with Gasteiger partial charge in [-0.1, -0.05) is 6.07 Å². The van der Waals surface area contributed by atoms with Crippen LogP contribution in [0.2, 0.25) is 0 Å². The van der Waals surface area contributed by atoms with Crippen LogP contribution in [0.25, 0.3) is 0 Å². The molecule has 5 nitrogen and oxygen atoms in total. The zero-order valence-corrected chi connectivity index (χ0v) is 8.79. The summed E-state index contributed by atoms with van der Waals surface area (Å²) >= 11 is 0. The molecule has 16 heavy (non-hydrogen) atoms. The van der Waals surface area contributed by atoms with E-state index in [1.165, 1.54) is 6.20 Å². The van der Waals surface area contributed by atoms with Gasteiger partial charge in [-0.3, -0.25) is 9.67 Å². The zero-order valence-electron chi connectivity index (χ0n) is 8.79. The predicted molar refractivity (Wildman–Crippen MR) is 57.3 cm³/mol. The molecule has 0 amide bonds. The van der Waals surface area contributed by atoms with Gasteiger partial charge in [0.25, 0.3) is 0 Å². The number of pyridine rings is 1. The fourth-order valence-corrected chi connectivity index (χ4v) is 1.49. The molecule has 5 heteroatoms. The first kappa shape index (κ1) is 10.4. The standard InChI is InChI=1S/C11H11N3O2/c1-8-10(11(15)16)7-14(13-8)6-9-3-2-4-12-5-9/h2-5,7H,6H2,1H3,(H,15,16). The average Bonchev–Trinajstić information content (AvgIpc) is 2.61. The topological polar surface area (TPSA) is 68.0 Å². The number of aromatic carboxylic acids is 1. The van der Waals surface area contributed by atoms with E-state index in [1.807, 2.05) is 12.1 Å². The Bertz CT molecular complexity index is 505.